The molecule has 0 spiro atoms. The number of aryl methyl sites for hydroxylation is 1. The summed E-state index contributed by atoms with van der Waals surface area (Å²) in [6.45, 7) is 1.08. The molecule has 0 radical (unpaired) electrons. The molecule has 0 unspecified atom stereocenters. The Labute approximate surface area is 166 Å². The first-order valence-electron chi connectivity index (χ1n) is 8.87. The molecule has 1 aliphatic heterocycles. The average Bonchev–Trinajstić information content (AvgIpc) is 3.31. The molecular formula is C19H19N3O4S2. The highest BCUT2D eigenvalue weighted by molar-refractivity contribution is 7.89. The number of thiazole rings is 1. The van der Waals surface area contributed by atoms with Gasteiger partial charge in [-0.15, -0.1) is 0 Å². The molecule has 28 heavy (non-hydrogen) atoms. The average molecular weight is 418 g/mol. The number of hydrogen-bond donors (Lipinski definition) is 1. The van der Waals surface area contributed by atoms with Gasteiger partial charge in [-0.3, -0.25) is 9.59 Å². The van der Waals surface area contributed by atoms with E-state index in [2.05, 4.69) is 5.32 Å². The molecule has 3 aromatic rings. The Morgan fingerprint density at radius 3 is 2.43 bits per heavy atom. The number of anilines is 1. The predicted octanol–water partition coefficient (Wildman–Crippen LogP) is 2.64. The predicted molar refractivity (Wildman–Crippen MR) is 109 cm³/mol. The van der Waals surface area contributed by atoms with Gasteiger partial charge in [0.25, 0.3) is 5.91 Å². The van der Waals surface area contributed by atoms with Crippen LogP contribution >= 0.6 is 11.3 Å². The maximum Gasteiger partial charge on any atom is 0.307 e. The maximum atomic E-state index is 12.6. The fourth-order valence-corrected chi connectivity index (χ4v) is 5.71. The Kier molecular flexibility index (Phi) is 4.82. The van der Waals surface area contributed by atoms with Gasteiger partial charge in [0.05, 0.1) is 15.1 Å². The Balaban J connectivity index is 1.53. The summed E-state index contributed by atoms with van der Waals surface area (Å²) in [5.74, 6) is -0.340. The third-order valence-electron chi connectivity index (χ3n) is 4.87. The number of benzene rings is 2. The van der Waals surface area contributed by atoms with E-state index < -0.39 is 10.0 Å². The molecule has 0 aliphatic carbocycles. The van der Waals surface area contributed by atoms with Crippen molar-refractivity contribution in [3.8, 4) is 0 Å². The van der Waals surface area contributed by atoms with Crippen molar-refractivity contribution in [2.24, 2.45) is 7.05 Å². The summed E-state index contributed by atoms with van der Waals surface area (Å²) in [5, 5.41) is 2.79. The van der Waals surface area contributed by atoms with Crippen LogP contribution in [0.1, 0.15) is 23.2 Å². The van der Waals surface area contributed by atoms with E-state index in [0.717, 1.165) is 34.4 Å². The van der Waals surface area contributed by atoms with E-state index in [9.17, 15) is 18.0 Å². The van der Waals surface area contributed by atoms with Gasteiger partial charge in [0, 0.05) is 31.4 Å². The molecule has 2 heterocycles. The monoisotopic (exact) mass is 417 g/mol. The molecule has 1 N–H and O–H groups in total. The van der Waals surface area contributed by atoms with Crippen LogP contribution < -0.4 is 10.2 Å². The lowest BCUT2D eigenvalue weighted by atomic mass is 10.2. The number of rotatable bonds is 4. The van der Waals surface area contributed by atoms with E-state index in [0.29, 0.717) is 24.3 Å². The van der Waals surface area contributed by atoms with Gasteiger partial charge in [-0.25, -0.2) is 8.42 Å². The molecule has 1 aromatic heterocycles. The summed E-state index contributed by atoms with van der Waals surface area (Å²) in [6.07, 6.45) is 1.75. The molecule has 0 atom stereocenters. The molecule has 1 aliphatic rings. The van der Waals surface area contributed by atoms with Gasteiger partial charge in [-0.05, 0) is 55.3 Å². The summed E-state index contributed by atoms with van der Waals surface area (Å²) in [6, 6.07) is 11.2. The van der Waals surface area contributed by atoms with Crippen molar-refractivity contribution >= 4 is 43.2 Å². The quantitative estimate of drug-likeness (QED) is 0.707. The molecule has 7 nitrogen and oxygen atoms in total. The minimum absolute atomic E-state index is 0.0618. The number of amides is 1. The molecular weight excluding hydrogens is 398 g/mol. The van der Waals surface area contributed by atoms with Gasteiger partial charge in [0.15, 0.2) is 0 Å². The second-order valence-electron chi connectivity index (χ2n) is 6.70. The third-order valence-corrected chi connectivity index (χ3v) is 7.78. The van der Waals surface area contributed by atoms with Crippen molar-refractivity contribution in [3.63, 3.8) is 0 Å². The van der Waals surface area contributed by atoms with Crippen molar-refractivity contribution in [1.82, 2.24) is 8.87 Å². The van der Waals surface area contributed by atoms with Crippen LogP contribution in [-0.4, -0.2) is 36.3 Å². The summed E-state index contributed by atoms with van der Waals surface area (Å²) in [4.78, 5) is 24.4. The Morgan fingerprint density at radius 1 is 1.07 bits per heavy atom. The Bertz CT molecular complexity index is 1200. The maximum absolute atomic E-state index is 12.6. The number of carbonyl (C=O) groups excluding carboxylic acids is 1. The number of fused-ring (bicyclic) bond motifs is 1. The van der Waals surface area contributed by atoms with Crippen LogP contribution in [0.15, 0.2) is 52.2 Å². The first kappa shape index (κ1) is 18.9. The molecule has 4 rings (SSSR count). The van der Waals surface area contributed by atoms with Crippen molar-refractivity contribution in [1.29, 1.82) is 0 Å². The van der Waals surface area contributed by atoms with Crippen LogP contribution in [0.25, 0.3) is 10.2 Å². The molecule has 1 amide bonds. The molecule has 146 valence electrons. The zero-order chi connectivity index (χ0) is 19.9. The van der Waals surface area contributed by atoms with E-state index in [4.69, 9.17) is 0 Å². The largest absolute Gasteiger partial charge is 0.322 e. The topological polar surface area (TPSA) is 88.5 Å². The van der Waals surface area contributed by atoms with Crippen LogP contribution in [0.5, 0.6) is 0 Å². The Morgan fingerprint density at radius 2 is 1.75 bits per heavy atom. The fourth-order valence-electron chi connectivity index (χ4n) is 3.27. The minimum atomic E-state index is -3.50. The number of carbonyl (C=O) groups is 1. The van der Waals surface area contributed by atoms with Crippen LogP contribution in [0.4, 0.5) is 5.69 Å². The first-order chi connectivity index (χ1) is 13.4. The summed E-state index contributed by atoms with van der Waals surface area (Å²) >= 11 is 1.12. The zero-order valence-corrected chi connectivity index (χ0v) is 16.8. The van der Waals surface area contributed by atoms with Gasteiger partial charge in [-0.2, -0.15) is 4.31 Å². The van der Waals surface area contributed by atoms with Gasteiger partial charge >= 0.3 is 4.87 Å². The van der Waals surface area contributed by atoms with Crippen LogP contribution in [0.2, 0.25) is 0 Å². The van der Waals surface area contributed by atoms with Crippen LogP contribution in [-0.2, 0) is 17.1 Å². The lowest BCUT2D eigenvalue weighted by Crippen LogP contribution is -2.27. The van der Waals surface area contributed by atoms with Crippen LogP contribution in [0, 0.1) is 0 Å². The SMILES string of the molecule is Cn1c(=O)sc2cc(NC(=O)c3ccc(S(=O)(=O)N4CCCC4)cc3)ccc21. The van der Waals surface area contributed by atoms with E-state index in [1.807, 2.05) is 0 Å². The van der Waals surface area contributed by atoms with Gasteiger partial charge in [-0.1, -0.05) is 11.3 Å². The number of nitrogens with zero attached hydrogens (tertiary/aromatic N) is 2. The fraction of sp³-hybridized carbons (Fsp3) is 0.263. The molecule has 0 bridgehead atoms. The normalized spacial score (nSPS) is 15.2. The number of nitrogens with one attached hydrogen (secondary N) is 1. The standard InChI is InChI=1S/C19H19N3O4S2/c1-21-16-9-6-14(12-17(16)27-19(21)24)20-18(23)13-4-7-15(8-5-13)28(25,26)22-10-2-3-11-22/h4-9,12H,2-3,10-11H2,1H3,(H,20,23). The van der Waals surface area contributed by atoms with Gasteiger partial charge in [0.1, 0.15) is 0 Å². The smallest absolute Gasteiger partial charge is 0.307 e. The van der Waals surface area contributed by atoms with E-state index in [1.54, 1.807) is 29.8 Å². The number of sulfonamides is 1. The van der Waals surface area contributed by atoms with Crippen molar-refractivity contribution in [3.05, 3.63) is 57.7 Å². The van der Waals surface area contributed by atoms with Gasteiger partial charge < -0.3 is 9.88 Å². The minimum Gasteiger partial charge on any atom is -0.322 e. The highest BCUT2D eigenvalue weighted by Crippen LogP contribution is 2.23. The van der Waals surface area contributed by atoms with E-state index in [-0.39, 0.29) is 15.7 Å². The lowest BCUT2D eigenvalue weighted by Gasteiger charge is -2.15. The molecule has 0 saturated carbocycles. The molecule has 2 aromatic carbocycles. The molecule has 1 fully saturated rings. The van der Waals surface area contributed by atoms with Crippen molar-refractivity contribution in [2.75, 3.05) is 18.4 Å². The molecule has 1 saturated heterocycles. The number of hydrogen-bond acceptors (Lipinski definition) is 5. The van der Waals surface area contributed by atoms with Crippen LogP contribution in [0.3, 0.4) is 0 Å². The Hall–Kier alpha value is -2.49. The second kappa shape index (κ2) is 7.16. The van der Waals surface area contributed by atoms with Crippen molar-refractivity contribution in [2.45, 2.75) is 17.7 Å². The summed E-state index contributed by atoms with van der Waals surface area (Å²) in [7, 11) is -1.79. The summed E-state index contributed by atoms with van der Waals surface area (Å²) in [5.41, 5.74) is 1.75. The number of aromatic nitrogens is 1. The second-order valence-corrected chi connectivity index (χ2v) is 9.63. The molecule has 9 heteroatoms. The highest BCUT2D eigenvalue weighted by atomic mass is 32.2. The van der Waals surface area contributed by atoms with E-state index in [1.165, 1.54) is 28.6 Å². The highest BCUT2D eigenvalue weighted by Gasteiger charge is 2.27. The zero-order valence-electron chi connectivity index (χ0n) is 15.2. The van der Waals surface area contributed by atoms with Crippen molar-refractivity contribution < 1.29 is 13.2 Å². The first-order valence-corrected chi connectivity index (χ1v) is 11.1. The summed E-state index contributed by atoms with van der Waals surface area (Å²) < 4.78 is 28.9. The van der Waals surface area contributed by atoms with E-state index >= 15 is 0 Å². The third kappa shape index (κ3) is 3.36. The lowest BCUT2D eigenvalue weighted by molar-refractivity contribution is 0.102. The van der Waals surface area contributed by atoms with Gasteiger partial charge in [0.2, 0.25) is 10.0 Å².